The molecule has 0 unspecified atom stereocenters. The van der Waals surface area contributed by atoms with Gasteiger partial charge >= 0.3 is 0 Å². The monoisotopic (exact) mass is 546 g/mol. The van der Waals surface area contributed by atoms with E-state index in [1.807, 2.05) is 18.2 Å². The summed E-state index contributed by atoms with van der Waals surface area (Å²) in [5, 5.41) is 15.7. The first-order valence-electron chi connectivity index (χ1n) is 13.6. The van der Waals surface area contributed by atoms with Gasteiger partial charge in [-0.1, -0.05) is 12.1 Å². The number of pyridine rings is 3. The maximum Gasteiger partial charge on any atom is 0.224 e. The zero-order valence-electron chi connectivity index (χ0n) is 22.1. The molecule has 204 valence electrons. The molecule has 41 heavy (non-hydrogen) atoms. The predicted molar refractivity (Wildman–Crippen MR) is 156 cm³/mol. The third-order valence-corrected chi connectivity index (χ3v) is 7.66. The van der Waals surface area contributed by atoms with E-state index in [0.717, 1.165) is 75.9 Å². The summed E-state index contributed by atoms with van der Waals surface area (Å²) in [6.45, 7) is 1.93. The molecule has 0 aliphatic carbocycles. The quantitative estimate of drug-likeness (QED) is 0.213. The standard InChI is InChI=1S/C31H27FN8O/c32-22-3-1-19(2-4-22)26-16-35-17-28-24(26)12-27(38-28)30-25-11-21(14-36-31(25)40-39-30)20-10-23(15-34-13-20)37-29(41)9-18-5-7-33-8-6-18/h1-4,10-18,33,38H,5-9H2,(H,37,41)(H,36,39,40). The van der Waals surface area contributed by atoms with Crippen molar-refractivity contribution in [3.63, 3.8) is 0 Å². The van der Waals surface area contributed by atoms with Gasteiger partial charge in [0.25, 0.3) is 0 Å². The highest BCUT2D eigenvalue weighted by Gasteiger charge is 2.18. The molecule has 0 spiro atoms. The summed E-state index contributed by atoms with van der Waals surface area (Å²) in [5.41, 5.74) is 7.14. The normalized spacial score (nSPS) is 14.1. The number of fused-ring (bicyclic) bond motifs is 2. The van der Waals surface area contributed by atoms with Crippen molar-refractivity contribution in [1.82, 2.24) is 35.5 Å². The Hall–Kier alpha value is -4.96. The summed E-state index contributed by atoms with van der Waals surface area (Å²) in [6, 6.07) is 12.3. The average Bonchev–Trinajstić information content (AvgIpc) is 3.62. The van der Waals surface area contributed by atoms with Crippen molar-refractivity contribution in [2.45, 2.75) is 19.3 Å². The van der Waals surface area contributed by atoms with Gasteiger partial charge in [-0.3, -0.25) is 19.9 Å². The van der Waals surface area contributed by atoms with Crippen LogP contribution in [-0.4, -0.2) is 49.1 Å². The van der Waals surface area contributed by atoms with Gasteiger partial charge in [0.1, 0.15) is 11.5 Å². The third-order valence-electron chi connectivity index (χ3n) is 7.66. The predicted octanol–water partition coefficient (Wildman–Crippen LogP) is 5.70. The molecule has 10 heteroatoms. The van der Waals surface area contributed by atoms with E-state index in [-0.39, 0.29) is 11.7 Å². The Morgan fingerprint density at radius 1 is 0.902 bits per heavy atom. The minimum absolute atomic E-state index is 0.00913. The second-order valence-corrected chi connectivity index (χ2v) is 10.4. The van der Waals surface area contributed by atoms with Crippen LogP contribution in [0.1, 0.15) is 19.3 Å². The lowest BCUT2D eigenvalue weighted by molar-refractivity contribution is -0.117. The Labute approximate surface area is 234 Å². The van der Waals surface area contributed by atoms with Crippen LogP contribution < -0.4 is 10.6 Å². The van der Waals surface area contributed by atoms with Crippen molar-refractivity contribution in [2.75, 3.05) is 18.4 Å². The van der Waals surface area contributed by atoms with Crippen LogP contribution in [0, 0.1) is 11.7 Å². The highest BCUT2D eigenvalue weighted by atomic mass is 19.1. The van der Waals surface area contributed by atoms with Crippen molar-refractivity contribution in [3.05, 3.63) is 79.3 Å². The molecule has 4 N–H and O–H groups in total. The van der Waals surface area contributed by atoms with E-state index >= 15 is 0 Å². The number of H-pyrrole nitrogens is 2. The summed E-state index contributed by atoms with van der Waals surface area (Å²) in [7, 11) is 0. The minimum atomic E-state index is -0.282. The molecule has 0 saturated carbocycles. The molecule has 1 aliphatic heterocycles. The second kappa shape index (κ2) is 10.5. The van der Waals surface area contributed by atoms with Gasteiger partial charge in [-0.15, -0.1) is 0 Å². The van der Waals surface area contributed by atoms with Gasteiger partial charge in [0.15, 0.2) is 5.65 Å². The van der Waals surface area contributed by atoms with E-state index in [1.54, 1.807) is 43.1 Å². The number of hydrogen-bond donors (Lipinski definition) is 4. The number of aromatic amines is 2. The summed E-state index contributed by atoms with van der Waals surface area (Å²) in [6.07, 6.45) is 11.3. The van der Waals surface area contributed by atoms with Crippen molar-refractivity contribution in [2.24, 2.45) is 5.92 Å². The molecular formula is C31H27FN8O. The molecular weight excluding hydrogens is 519 g/mol. The molecule has 1 amide bonds. The number of amides is 1. The van der Waals surface area contributed by atoms with Crippen LogP contribution in [0.5, 0.6) is 0 Å². The van der Waals surface area contributed by atoms with E-state index in [0.29, 0.717) is 23.7 Å². The largest absolute Gasteiger partial charge is 0.352 e. The molecule has 1 aromatic carbocycles. The fourth-order valence-electron chi connectivity index (χ4n) is 5.53. The Kier molecular flexibility index (Phi) is 6.44. The lowest BCUT2D eigenvalue weighted by atomic mass is 9.94. The Morgan fingerprint density at radius 3 is 2.56 bits per heavy atom. The second-order valence-electron chi connectivity index (χ2n) is 10.4. The van der Waals surface area contributed by atoms with Crippen LogP contribution in [-0.2, 0) is 4.79 Å². The number of halogens is 1. The van der Waals surface area contributed by atoms with Crippen LogP contribution in [0.15, 0.2) is 73.4 Å². The first kappa shape index (κ1) is 25.0. The summed E-state index contributed by atoms with van der Waals surface area (Å²) >= 11 is 0. The lowest BCUT2D eigenvalue weighted by Gasteiger charge is -2.21. The molecule has 7 rings (SSSR count). The fourth-order valence-corrected chi connectivity index (χ4v) is 5.53. The molecule has 1 aliphatic rings. The first-order valence-corrected chi connectivity index (χ1v) is 13.6. The van der Waals surface area contributed by atoms with Crippen LogP contribution in [0.2, 0.25) is 0 Å². The fraction of sp³-hybridized carbons (Fsp3) is 0.194. The molecule has 5 aromatic heterocycles. The minimum Gasteiger partial charge on any atom is -0.352 e. The third kappa shape index (κ3) is 5.05. The molecule has 1 fully saturated rings. The van der Waals surface area contributed by atoms with Gasteiger partial charge < -0.3 is 15.6 Å². The number of piperidine rings is 1. The molecule has 0 bridgehead atoms. The summed E-state index contributed by atoms with van der Waals surface area (Å²) < 4.78 is 13.5. The number of nitrogens with one attached hydrogen (secondary N) is 4. The highest BCUT2D eigenvalue weighted by molar-refractivity contribution is 6.00. The van der Waals surface area contributed by atoms with Gasteiger partial charge in [-0.2, -0.15) is 5.10 Å². The molecule has 0 atom stereocenters. The van der Waals surface area contributed by atoms with Gasteiger partial charge in [0.2, 0.25) is 5.91 Å². The molecule has 9 nitrogen and oxygen atoms in total. The lowest BCUT2D eigenvalue weighted by Crippen LogP contribution is -2.30. The summed E-state index contributed by atoms with van der Waals surface area (Å²) in [5.74, 6) is 0.135. The number of rotatable bonds is 6. The number of aromatic nitrogens is 6. The number of anilines is 1. The van der Waals surface area contributed by atoms with Gasteiger partial charge in [0, 0.05) is 52.5 Å². The number of benzene rings is 1. The van der Waals surface area contributed by atoms with E-state index in [1.165, 1.54) is 12.1 Å². The number of hydrogen-bond acceptors (Lipinski definition) is 6. The Morgan fingerprint density at radius 2 is 1.71 bits per heavy atom. The summed E-state index contributed by atoms with van der Waals surface area (Å²) in [4.78, 5) is 29.4. The van der Waals surface area contributed by atoms with Crippen molar-refractivity contribution in [1.29, 1.82) is 0 Å². The van der Waals surface area contributed by atoms with Crippen LogP contribution in [0.3, 0.4) is 0 Å². The zero-order valence-corrected chi connectivity index (χ0v) is 22.1. The van der Waals surface area contributed by atoms with Crippen LogP contribution in [0.4, 0.5) is 10.1 Å². The molecule has 6 heterocycles. The van der Waals surface area contributed by atoms with Crippen molar-refractivity contribution in [3.8, 4) is 33.6 Å². The molecule has 1 saturated heterocycles. The van der Waals surface area contributed by atoms with Crippen molar-refractivity contribution < 1.29 is 9.18 Å². The van der Waals surface area contributed by atoms with Gasteiger partial charge in [-0.05, 0) is 67.7 Å². The molecule has 0 radical (unpaired) electrons. The van der Waals surface area contributed by atoms with E-state index in [9.17, 15) is 9.18 Å². The Balaban J connectivity index is 1.19. The maximum atomic E-state index is 13.5. The number of nitrogens with zero attached hydrogens (tertiary/aromatic N) is 4. The average molecular weight is 547 g/mol. The van der Waals surface area contributed by atoms with E-state index in [2.05, 4.69) is 40.8 Å². The highest BCUT2D eigenvalue weighted by Crippen LogP contribution is 2.34. The number of carbonyl (C=O) groups is 1. The SMILES string of the molecule is O=C(CC1CCNCC1)Nc1cncc(-c2cnc3[nH]nc(-c4cc5c(-c6ccc(F)cc6)cncc5[nH]4)c3c2)c1. The number of carbonyl (C=O) groups excluding carboxylic acids is 1. The van der Waals surface area contributed by atoms with E-state index < -0.39 is 0 Å². The van der Waals surface area contributed by atoms with Crippen LogP contribution >= 0.6 is 0 Å². The van der Waals surface area contributed by atoms with Gasteiger partial charge in [-0.25, -0.2) is 9.37 Å². The topological polar surface area (TPSA) is 124 Å². The van der Waals surface area contributed by atoms with E-state index in [4.69, 9.17) is 0 Å². The maximum absolute atomic E-state index is 13.5. The first-order chi connectivity index (χ1) is 20.1. The molecule has 6 aromatic rings. The smallest absolute Gasteiger partial charge is 0.224 e. The Bertz CT molecular complexity index is 1870. The van der Waals surface area contributed by atoms with Crippen LogP contribution in [0.25, 0.3) is 55.6 Å². The zero-order chi connectivity index (χ0) is 27.8. The van der Waals surface area contributed by atoms with Gasteiger partial charge in [0.05, 0.1) is 29.3 Å². The van der Waals surface area contributed by atoms with Crippen molar-refractivity contribution >= 4 is 33.5 Å².